The summed E-state index contributed by atoms with van der Waals surface area (Å²) in [7, 11) is -3.57. The molecule has 4 rings (SSSR count). The first-order chi connectivity index (χ1) is 15.7. The number of hydrogen-bond donors (Lipinski definition) is 1. The highest BCUT2D eigenvalue weighted by Gasteiger charge is 2.27. The van der Waals surface area contributed by atoms with E-state index in [1.807, 2.05) is 0 Å². The molecule has 1 saturated carbocycles. The molecular formula is C22H25FN4O5S. The minimum atomic E-state index is -3.57. The normalized spacial score (nSPS) is 17.2. The number of benzene rings is 1. The number of aromatic nitrogens is 2. The molecule has 2 aromatic rings. The highest BCUT2D eigenvalue weighted by Crippen LogP contribution is 2.31. The lowest BCUT2D eigenvalue weighted by Gasteiger charge is -2.15. The summed E-state index contributed by atoms with van der Waals surface area (Å²) >= 11 is 0. The number of hydrogen-bond acceptors (Lipinski definition) is 7. The first-order valence-corrected chi connectivity index (χ1v) is 12.5. The van der Waals surface area contributed by atoms with Gasteiger partial charge in [0.2, 0.25) is 5.91 Å². The standard InChI is InChI=1S/C22H25FN4O5S/c1-14(17-4-5-19(23)20(7-17)32-11-15-2-3-15)12-33(30,31)13-18-6-16(8-24-26-18)9-27-10-21(28)25-22(27)29/h4-8,14-15H,2-3,9-13H2,1H3,(H,25,28,29)/t14-/m0/s1. The van der Waals surface area contributed by atoms with Gasteiger partial charge < -0.3 is 9.64 Å². The Morgan fingerprint density at radius 2 is 2.06 bits per heavy atom. The van der Waals surface area contributed by atoms with Gasteiger partial charge >= 0.3 is 6.03 Å². The number of urea groups is 1. The fraction of sp³-hybridized carbons (Fsp3) is 0.455. The molecule has 3 amide bonds. The summed E-state index contributed by atoms with van der Waals surface area (Å²) in [4.78, 5) is 24.3. The van der Waals surface area contributed by atoms with Gasteiger partial charge in [-0.1, -0.05) is 13.0 Å². The number of amides is 3. The van der Waals surface area contributed by atoms with Crippen LogP contribution >= 0.6 is 0 Å². The number of halogens is 1. The van der Waals surface area contributed by atoms with Crippen molar-refractivity contribution in [3.05, 3.63) is 53.1 Å². The second-order valence-corrected chi connectivity index (χ2v) is 10.8. The highest BCUT2D eigenvalue weighted by molar-refractivity contribution is 7.90. The van der Waals surface area contributed by atoms with Crippen LogP contribution in [0, 0.1) is 11.7 Å². The average molecular weight is 477 g/mol. The van der Waals surface area contributed by atoms with Gasteiger partial charge in [0.1, 0.15) is 6.54 Å². The number of imide groups is 1. The van der Waals surface area contributed by atoms with E-state index >= 15 is 0 Å². The zero-order chi connectivity index (χ0) is 23.6. The van der Waals surface area contributed by atoms with Crippen LogP contribution in [0.5, 0.6) is 5.75 Å². The average Bonchev–Trinajstić information content (AvgIpc) is 3.51. The van der Waals surface area contributed by atoms with Gasteiger partial charge in [0.15, 0.2) is 21.4 Å². The molecule has 1 N–H and O–H groups in total. The van der Waals surface area contributed by atoms with Crippen LogP contribution < -0.4 is 10.1 Å². The van der Waals surface area contributed by atoms with Crippen molar-refractivity contribution < 1.29 is 27.1 Å². The Kier molecular flexibility index (Phi) is 6.59. The molecule has 176 valence electrons. The predicted molar refractivity (Wildman–Crippen MR) is 117 cm³/mol. The minimum Gasteiger partial charge on any atom is -0.490 e. The molecule has 11 heteroatoms. The zero-order valence-electron chi connectivity index (χ0n) is 18.2. The molecule has 1 aromatic carbocycles. The Bertz CT molecular complexity index is 1170. The molecular weight excluding hydrogens is 451 g/mol. The van der Waals surface area contributed by atoms with Crippen LogP contribution in [0.1, 0.15) is 42.5 Å². The van der Waals surface area contributed by atoms with E-state index in [9.17, 15) is 22.4 Å². The lowest BCUT2D eigenvalue weighted by molar-refractivity contribution is -0.118. The summed E-state index contributed by atoms with van der Waals surface area (Å²) in [5, 5.41) is 9.92. The van der Waals surface area contributed by atoms with Crippen molar-refractivity contribution in [2.75, 3.05) is 18.9 Å². The van der Waals surface area contributed by atoms with Gasteiger partial charge in [-0.2, -0.15) is 10.2 Å². The molecule has 9 nitrogen and oxygen atoms in total. The molecule has 1 saturated heterocycles. The van der Waals surface area contributed by atoms with Crippen molar-refractivity contribution in [2.45, 2.75) is 38.0 Å². The number of nitrogens with one attached hydrogen (secondary N) is 1. The van der Waals surface area contributed by atoms with Crippen molar-refractivity contribution in [1.29, 1.82) is 0 Å². The van der Waals surface area contributed by atoms with Crippen LogP contribution in [0.4, 0.5) is 9.18 Å². The smallest absolute Gasteiger partial charge is 0.324 e. The molecule has 2 heterocycles. The number of carbonyl (C=O) groups is 2. The number of ether oxygens (including phenoxy) is 1. The third-order valence-electron chi connectivity index (χ3n) is 5.57. The van der Waals surface area contributed by atoms with Crippen LogP contribution in [0.2, 0.25) is 0 Å². The van der Waals surface area contributed by atoms with E-state index in [2.05, 4.69) is 15.5 Å². The van der Waals surface area contributed by atoms with E-state index in [-0.39, 0.29) is 47.9 Å². The number of rotatable bonds is 10. The lowest BCUT2D eigenvalue weighted by Crippen LogP contribution is -2.27. The fourth-order valence-electron chi connectivity index (χ4n) is 3.64. The van der Waals surface area contributed by atoms with Crippen LogP contribution in [-0.2, 0) is 26.9 Å². The Hall–Kier alpha value is -3.08. The molecule has 1 aliphatic carbocycles. The number of carbonyl (C=O) groups excluding carboxylic acids is 2. The van der Waals surface area contributed by atoms with E-state index in [1.165, 1.54) is 17.2 Å². The third kappa shape index (κ3) is 6.25. The molecule has 1 aliphatic heterocycles. The van der Waals surface area contributed by atoms with E-state index in [0.29, 0.717) is 23.7 Å². The summed E-state index contributed by atoms with van der Waals surface area (Å²) in [6.07, 6.45) is 3.60. The second kappa shape index (κ2) is 9.42. The molecule has 33 heavy (non-hydrogen) atoms. The van der Waals surface area contributed by atoms with Gasteiger partial charge in [-0.25, -0.2) is 17.6 Å². The molecule has 0 radical (unpaired) electrons. The molecule has 1 atom stereocenters. The quantitative estimate of drug-likeness (QED) is 0.522. The molecule has 2 aliphatic rings. The summed E-state index contributed by atoms with van der Waals surface area (Å²) in [5.74, 6) is -1.09. The largest absolute Gasteiger partial charge is 0.490 e. The van der Waals surface area contributed by atoms with Crippen molar-refractivity contribution in [3.63, 3.8) is 0 Å². The summed E-state index contributed by atoms with van der Waals surface area (Å²) in [6, 6.07) is 5.50. The Morgan fingerprint density at radius 3 is 2.76 bits per heavy atom. The van der Waals surface area contributed by atoms with Crippen LogP contribution in [-0.4, -0.2) is 54.4 Å². The van der Waals surface area contributed by atoms with Crippen molar-refractivity contribution in [3.8, 4) is 5.75 Å². The van der Waals surface area contributed by atoms with Crippen molar-refractivity contribution in [1.82, 2.24) is 20.4 Å². The van der Waals surface area contributed by atoms with Crippen molar-refractivity contribution >= 4 is 21.8 Å². The first kappa shape index (κ1) is 23.1. The van der Waals surface area contributed by atoms with E-state index in [1.54, 1.807) is 25.1 Å². The molecule has 2 fully saturated rings. The van der Waals surface area contributed by atoms with Gasteiger partial charge in [-0.15, -0.1) is 0 Å². The zero-order valence-corrected chi connectivity index (χ0v) is 19.0. The van der Waals surface area contributed by atoms with Crippen LogP contribution in [0.25, 0.3) is 0 Å². The third-order valence-corrected chi connectivity index (χ3v) is 7.31. The van der Waals surface area contributed by atoms with E-state index < -0.39 is 21.7 Å². The Labute approximate surface area is 191 Å². The van der Waals surface area contributed by atoms with Gasteiger partial charge in [0.25, 0.3) is 0 Å². The van der Waals surface area contributed by atoms with Crippen LogP contribution in [0.3, 0.4) is 0 Å². The van der Waals surface area contributed by atoms with Crippen molar-refractivity contribution in [2.24, 2.45) is 5.92 Å². The first-order valence-electron chi connectivity index (χ1n) is 10.7. The Morgan fingerprint density at radius 1 is 1.27 bits per heavy atom. The van der Waals surface area contributed by atoms with Gasteiger partial charge in [0, 0.05) is 6.54 Å². The molecule has 0 unspecified atom stereocenters. The fourth-order valence-corrected chi connectivity index (χ4v) is 5.30. The minimum absolute atomic E-state index is 0.0592. The monoisotopic (exact) mass is 476 g/mol. The SMILES string of the molecule is C[C@@H](CS(=O)(=O)Cc1cc(CN2CC(=O)NC2=O)cnn1)c1ccc(F)c(OCC2CC2)c1. The predicted octanol–water partition coefficient (Wildman–Crippen LogP) is 2.17. The Balaban J connectivity index is 1.39. The van der Waals surface area contributed by atoms with Gasteiger partial charge in [-0.3, -0.25) is 10.1 Å². The van der Waals surface area contributed by atoms with Gasteiger partial charge in [0.05, 0.1) is 30.0 Å². The summed E-state index contributed by atoms with van der Waals surface area (Å²) in [6.45, 7) is 2.29. The van der Waals surface area contributed by atoms with E-state index in [4.69, 9.17) is 4.74 Å². The van der Waals surface area contributed by atoms with Gasteiger partial charge in [-0.05, 0) is 54.0 Å². The summed E-state index contributed by atoms with van der Waals surface area (Å²) < 4.78 is 45.3. The highest BCUT2D eigenvalue weighted by atomic mass is 32.2. The molecule has 0 spiro atoms. The maximum absolute atomic E-state index is 14.1. The topological polar surface area (TPSA) is 119 Å². The number of nitrogens with zero attached hydrogens (tertiary/aromatic N) is 3. The second-order valence-electron chi connectivity index (χ2n) is 8.66. The van der Waals surface area contributed by atoms with E-state index in [0.717, 1.165) is 12.8 Å². The van der Waals surface area contributed by atoms with Crippen LogP contribution in [0.15, 0.2) is 30.5 Å². The number of sulfone groups is 1. The molecule has 0 bridgehead atoms. The maximum Gasteiger partial charge on any atom is 0.324 e. The summed E-state index contributed by atoms with van der Waals surface area (Å²) in [5.41, 5.74) is 1.50. The molecule has 1 aromatic heterocycles. The lowest BCUT2D eigenvalue weighted by atomic mass is 10.0. The maximum atomic E-state index is 14.1.